The molecule has 0 aliphatic heterocycles. The van der Waals surface area contributed by atoms with Crippen molar-refractivity contribution in [1.82, 2.24) is 5.32 Å². The molecule has 0 bridgehead atoms. The molecule has 2 aromatic carbocycles. The average Bonchev–Trinajstić information content (AvgIpc) is 2.66. The third kappa shape index (κ3) is 5.86. The van der Waals surface area contributed by atoms with Crippen LogP contribution in [0.5, 0.6) is 0 Å². The number of ether oxygens (including phenoxy) is 1. The van der Waals surface area contributed by atoms with Gasteiger partial charge in [0, 0.05) is 0 Å². The number of carbonyl (C=O) groups excluding carboxylic acids is 2. The first-order valence-corrected chi connectivity index (χ1v) is 10.1. The number of halogens is 1. The number of esters is 1. The van der Waals surface area contributed by atoms with Gasteiger partial charge in [0.05, 0.1) is 16.5 Å². The molecule has 0 radical (unpaired) electrons. The van der Waals surface area contributed by atoms with Crippen molar-refractivity contribution >= 4 is 21.9 Å². The van der Waals surface area contributed by atoms with Gasteiger partial charge < -0.3 is 10.1 Å². The number of sulfonamides is 1. The predicted molar refractivity (Wildman–Crippen MR) is 100 cm³/mol. The molecule has 3 N–H and O–H groups in total. The number of carbonyl (C=O) groups is 2. The van der Waals surface area contributed by atoms with Crippen LogP contribution >= 0.6 is 0 Å². The van der Waals surface area contributed by atoms with Gasteiger partial charge in [-0.1, -0.05) is 43.7 Å². The van der Waals surface area contributed by atoms with E-state index in [1.807, 2.05) is 37.3 Å². The van der Waals surface area contributed by atoms with Crippen LogP contribution in [0.25, 0.3) is 0 Å². The summed E-state index contributed by atoms with van der Waals surface area (Å²) in [5, 5.41) is 7.74. The number of nitrogens with two attached hydrogens (primary N) is 1. The van der Waals surface area contributed by atoms with E-state index in [9.17, 15) is 22.4 Å². The molecule has 0 fully saturated rings. The summed E-state index contributed by atoms with van der Waals surface area (Å²) in [6, 6.07) is 11.6. The molecule has 0 spiro atoms. The minimum atomic E-state index is -4.11. The fraction of sp³-hybridized carbons (Fsp3) is 0.263. The molecule has 28 heavy (non-hydrogen) atoms. The van der Waals surface area contributed by atoms with Gasteiger partial charge >= 0.3 is 5.97 Å². The largest absolute Gasteiger partial charge is 0.452 e. The van der Waals surface area contributed by atoms with Gasteiger partial charge in [-0.15, -0.1) is 0 Å². The van der Waals surface area contributed by atoms with Gasteiger partial charge in [-0.2, -0.15) is 0 Å². The summed E-state index contributed by atoms with van der Waals surface area (Å²) in [5.41, 5.74) is 0.295. The first-order valence-electron chi connectivity index (χ1n) is 8.56. The Bertz CT molecular complexity index is 948. The number of rotatable bonds is 8. The molecule has 0 aliphatic carbocycles. The lowest BCUT2D eigenvalue weighted by molar-refractivity contribution is -0.125. The van der Waals surface area contributed by atoms with E-state index in [4.69, 9.17) is 9.88 Å². The molecule has 0 heterocycles. The predicted octanol–water partition coefficient (Wildman–Crippen LogP) is 2.29. The van der Waals surface area contributed by atoms with Crippen LogP contribution in [-0.2, 0) is 19.6 Å². The summed E-state index contributed by atoms with van der Waals surface area (Å²) in [6.07, 6.45) is 1.51. The second-order valence-electron chi connectivity index (χ2n) is 6.08. The second kappa shape index (κ2) is 9.43. The molecule has 2 rings (SSSR count). The Hall–Kier alpha value is -2.78. The molecule has 0 unspecified atom stereocenters. The van der Waals surface area contributed by atoms with Crippen LogP contribution in [-0.4, -0.2) is 26.9 Å². The molecule has 9 heteroatoms. The molecule has 0 aliphatic rings. The Morgan fingerprint density at radius 3 is 2.46 bits per heavy atom. The summed E-state index contributed by atoms with van der Waals surface area (Å²) in [4.78, 5) is 23.8. The van der Waals surface area contributed by atoms with Crippen molar-refractivity contribution in [3.63, 3.8) is 0 Å². The summed E-state index contributed by atoms with van der Waals surface area (Å²) >= 11 is 0. The van der Waals surface area contributed by atoms with Crippen LogP contribution in [0.2, 0.25) is 0 Å². The van der Waals surface area contributed by atoms with Crippen LogP contribution < -0.4 is 10.5 Å². The molecule has 0 saturated carbocycles. The minimum absolute atomic E-state index is 0.250. The number of hydrogen-bond donors (Lipinski definition) is 2. The fourth-order valence-electron chi connectivity index (χ4n) is 2.58. The van der Waals surface area contributed by atoms with E-state index < -0.39 is 44.8 Å². The van der Waals surface area contributed by atoms with E-state index in [0.29, 0.717) is 6.42 Å². The van der Waals surface area contributed by atoms with Gasteiger partial charge in [0.1, 0.15) is 5.82 Å². The van der Waals surface area contributed by atoms with E-state index in [1.165, 1.54) is 0 Å². The van der Waals surface area contributed by atoms with Gasteiger partial charge in [0.2, 0.25) is 10.0 Å². The maximum atomic E-state index is 13.8. The van der Waals surface area contributed by atoms with Gasteiger partial charge in [0.15, 0.2) is 6.61 Å². The maximum Gasteiger partial charge on any atom is 0.341 e. The number of primary sulfonamides is 1. The highest BCUT2D eigenvalue weighted by Crippen LogP contribution is 2.18. The van der Waals surface area contributed by atoms with Gasteiger partial charge in [0.25, 0.3) is 5.91 Å². The zero-order valence-electron chi connectivity index (χ0n) is 15.2. The molecule has 1 amide bonds. The maximum absolute atomic E-state index is 13.8. The Morgan fingerprint density at radius 2 is 1.86 bits per heavy atom. The lowest BCUT2D eigenvalue weighted by Crippen LogP contribution is -2.32. The van der Waals surface area contributed by atoms with E-state index in [0.717, 1.165) is 30.2 Å². The van der Waals surface area contributed by atoms with Crippen LogP contribution in [0.15, 0.2) is 53.4 Å². The van der Waals surface area contributed by atoms with Crippen molar-refractivity contribution in [2.45, 2.75) is 30.7 Å². The first kappa shape index (κ1) is 21.5. The molecular formula is C19H21FN2O5S. The van der Waals surface area contributed by atoms with Crippen molar-refractivity contribution in [3.8, 4) is 0 Å². The Morgan fingerprint density at radius 1 is 1.18 bits per heavy atom. The SMILES string of the molecule is CCC[C@@H](NC(=O)COC(=O)c1cc(S(N)(=O)=O)ccc1F)c1ccccc1. The summed E-state index contributed by atoms with van der Waals surface area (Å²) in [6.45, 7) is 1.34. The average molecular weight is 408 g/mol. The number of hydrogen-bond acceptors (Lipinski definition) is 5. The quantitative estimate of drug-likeness (QED) is 0.650. The lowest BCUT2D eigenvalue weighted by Gasteiger charge is -2.18. The Labute approximate surface area is 162 Å². The van der Waals surface area contributed by atoms with Crippen molar-refractivity contribution in [2.24, 2.45) is 5.14 Å². The third-order valence-electron chi connectivity index (χ3n) is 3.94. The van der Waals surface area contributed by atoms with Crippen LogP contribution in [0.3, 0.4) is 0 Å². The van der Waals surface area contributed by atoms with Gasteiger partial charge in [-0.3, -0.25) is 4.79 Å². The number of amides is 1. The van der Waals surface area contributed by atoms with Crippen molar-refractivity contribution in [2.75, 3.05) is 6.61 Å². The smallest absolute Gasteiger partial charge is 0.341 e. The third-order valence-corrected chi connectivity index (χ3v) is 4.85. The van der Waals surface area contributed by atoms with Crippen LogP contribution in [0.1, 0.15) is 41.7 Å². The Kier molecular flexibility index (Phi) is 7.24. The normalized spacial score (nSPS) is 12.2. The van der Waals surface area contributed by atoms with E-state index in [-0.39, 0.29) is 6.04 Å². The van der Waals surface area contributed by atoms with E-state index in [1.54, 1.807) is 0 Å². The van der Waals surface area contributed by atoms with Crippen molar-refractivity contribution < 1.29 is 27.1 Å². The summed E-state index contributed by atoms with van der Waals surface area (Å²) in [7, 11) is -4.11. The standard InChI is InChI=1S/C19H21FN2O5S/c1-2-6-17(13-7-4-3-5-8-13)22-18(23)12-27-19(24)15-11-14(28(21,25)26)9-10-16(15)20/h3-5,7-11,17H,2,6,12H2,1H3,(H,22,23)(H2,21,25,26)/t17-/m1/s1. The van der Waals surface area contributed by atoms with Crippen molar-refractivity contribution in [3.05, 3.63) is 65.5 Å². The molecule has 1 atom stereocenters. The van der Waals surface area contributed by atoms with Crippen LogP contribution in [0, 0.1) is 5.82 Å². The lowest BCUT2D eigenvalue weighted by atomic mass is 10.0. The minimum Gasteiger partial charge on any atom is -0.452 e. The molecule has 0 saturated heterocycles. The number of nitrogens with one attached hydrogen (secondary N) is 1. The monoisotopic (exact) mass is 408 g/mol. The highest BCUT2D eigenvalue weighted by Gasteiger charge is 2.20. The zero-order valence-corrected chi connectivity index (χ0v) is 16.0. The molecule has 0 aromatic heterocycles. The topological polar surface area (TPSA) is 116 Å². The fourth-order valence-corrected chi connectivity index (χ4v) is 3.12. The molecule has 2 aromatic rings. The number of benzene rings is 2. The highest BCUT2D eigenvalue weighted by atomic mass is 32.2. The van der Waals surface area contributed by atoms with E-state index >= 15 is 0 Å². The Balaban J connectivity index is 2.03. The first-order chi connectivity index (χ1) is 13.2. The van der Waals surface area contributed by atoms with Crippen LogP contribution in [0.4, 0.5) is 4.39 Å². The molecule has 7 nitrogen and oxygen atoms in total. The summed E-state index contributed by atoms with van der Waals surface area (Å²) in [5.74, 6) is -2.70. The van der Waals surface area contributed by atoms with Crippen molar-refractivity contribution in [1.29, 1.82) is 0 Å². The summed E-state index contributed by atoms with van der Waals surface area (Å²) < 4.78 is 41.3. The second-order valence-corrected chi connectivity index (χ2v) is 7.64. The van der Waals surface area contributed by atoms with Gasteiger partial charge in [-0.25, -0.2) is 22.7 Å². The van der Waals surface area contributed by atoms with Gasteiger partial charge in [-0.05, 0) is 30.2 Å². The molecular weight excluding hydrogens is 387 g/mol. The highest BCUT2D eigenvalue weighted by molar-refractivity contribution is 7.89. The zero-order chi connectivity index (χ0) is 20.7. The van der Waals surface area contributed by atoms with E-state index in [2.05, 4.69) is 5.32 Å². The molecule has 150 valence electrons.